The molecule has 0 aliphatic carbocycles. The molecule has 84 valence electrons. The summed E-state index contributed by atoms with van der Waals surface area (Å²) in [5.41, 5.74) is 2.24. The molecule has 0 aliphatic heterocycles. The molecule has 0 spiro atoms. The third-order valence-corrected chi connectivity index (χ3v) is 2.23. The first-order valence-corrected chi connectivity index (χ1v) is 5.19. The Labute approximate surface area is 91.9 Å². The lowest BCUT2D eigenvalue weighted by Gasteiger charge is -2.25. The van der Waals surface area contributed by atoms with Gasteiger partial charge in [0, 0.05) is 25.4 Å². The van der Waals surface area contributed by atoms with Crippen molar-refractivity contribution >= 4 is 0 Å². The average molecular weight is 208 g/mol. The van der Waals surface area contributed by atoms with Gasteiger partial charge in [-0.15, -0.1) is 0 Å². The first kappa shape index (κ1) is 12.1. The fraction of sp³-hybridized carbons (Fsp3) is 0.583. The quantitative estimate of drug-likeness (QED) is 0.802. The van der Waals surface area contributed by atoms with Crippen LogP contribution in [0.4, 0.5) is 0 Å². The van der Waals surface area contributed by atoms with Gasteiger partial charge >= 0.3 is 0 Å². The van der Waals surface area contributed by atoms with Crippen LogP contribution in [0.25, 0.3) is 0 Å². The van der Waals surface area contributed by atoms with Gasteiger partial charge in [0.05, 0.1) is 12.3 Å². The molecule has 0 saturated heterocycles. The van der Waals surface area contributed by atoms with E-state index in [1.807, 2.05) is 19.2 Å². The van der Waals surface area contributed by atoms with Crippen molar-refractivity contribution in [2.45, 2.75) is 32.9 Å². The minimum absolute atomic E-state index is 0.0126. The highest BCUT2D eigenvalue weighted by Gasteiger charge is 2.16. The summed E-state index contributed by atoms with van der Waals surface area (Å²) in [7, 11) is 1.72. The molecule has 0 amide bonds. The maximum absolute atomic E-state index is 5.13. The van der Waals surface area contributed by atoms with E-state index in [0.29, 0.717) is 6.61 Å². The van der Waals surface area contributed by atoms with Crippen molar-refractivity contribution in [3.63, 3.8) is 0 Å². The average Bonchev–Trinajstić information content (AvgIpc) is 2.17. The number of hydrogen-bond donors (Lipinski definition) is 1. The van der Waals surface area contributed by atoms with Crippen LogP contribution in [0.1, 0.15) is 25.1 Å². The van der Waals surface area contributed by atoms with Gasteiger partial charge in [0.2, 0.25) is 0 Å². The molecule has 0 atom stereocenters. The van der Waals surface area contributed by atoms with E-state index >= 15 is 0 Å². The molecule has 0 unspecified atom stereocenters. The molecule has 3 heteroatoms. The van der Waals surface area contributed by atoms with Crippen molar-refractivity contribution in [1.29, 1.82) is 0 Å². The normalized spacial score (nSPS) is 11.7. The second-order valence-corrected chi connectivity index (χ2v) is 4.50. The molecule has 0 aromatic carbocycles. The van der Waals surface area contributed by atoms with E-state index in [-0.39, 0.29) is 5.54 Å². The number of nitrogens with zero attached hydrogens (tertiary/aromatic N) is 1. The number of pyridine rings is 1. The zero-order chi connectivity index (χ0) is 11.3. The number of aromatic nitrogens is 1. The van der Waals surface area contributed by atoms with Crippen molar-refractivity contribution in [2.75, 3.05) is 13.7 Å². The molecule has 1 aromatic rings. The maximum atomic E-state index is 5.13. The monoisotopic (exact) mass is 208 g/mol. The molecule has 1 N–H and O–H groups in total. The van der Waals surface area contributed by atoms with Gasteiger partial charge in [0.1, 0.15) is 0 Å². The standard InChI is InChI=1S/C12H20N2O/c1-10-5-6-11(13-7-10)8-14-12(2,3)9-15-4/h5-7,14H,8-9H2,1-4H3. The van der Waals surface area contributed by atoms with E-state index in [1.54, 1.807) is 7.11 Å². The van der Waals surface area contributed by atoms with Gasteiger partial charge in [-0.05, 0) is 32.4 Å². The minimum atomic E-state index is -0.0126. The van der Waals surface area contributed by atoms with Gasteiger partial charge in [-0.3, -0.25) is 4.98 Å². The predicted molar refractivity (Wildman–Crippen MR) is 61.8 cm³/mol. The third kappa shape index (κ3) is 4.40. The molecule has 0 fully saturated rings. The molecule has 0 saturated carbocycles. The van der Waals surface area contributed by atoms with Crippen molar-refractivity contribution in [3.8, 4) is 0 Å². The van der Waals surface area contributed by atoms with Gasteiger partial charge in [0.15, 0.2) is 0 Å². The van der Waals surface area contributed by atoms with Gasteiger partial charge in [-0.25, -0.2) is 0 Å². The van der Waals surface area contributed by atoms with Crippen LogP contribution in [0.2, 0.25) is 0 Å². The number of rotatable bonds is 5. The summed E-state index contributed by atoms with van der Waals surface area (Å²) >= 11 is 0. The Morgan fingerprint density at radius 3 is 2.67 bits per heavy atom. The molecule has 1 heterocycles. The first-order valence-electron chi connectivity index (χ1n) is 5.19. The van der Waals surface area contributed by atoms with Crippen LogP contribution >= 0.6 is 0 Å². The Morgan fingerprint density at radius 2 is 2.13 bits per heavy atom. The molecule has 15 heavy (non-hydrogen) atoms. The lowest BCUT2D eigenvalue weighted by molar-refractivity contribution is 0.127. The smallest absolute Gasteiger partial charge is 0.0639 e. The van der Waals surface area contributed by atoms with Crippen molar-refractivity contribution < 1.29 is 4.74 Å². The lowest BCUT2D eigenvalue weighted by atomic mass is 10.1. The first-order chi connectivity index (χ1) is 7.03. The largest absolute Gasteiger partial charge is 0.383 e. The molecule has 3 nitrogen and oxygen atoms in total. The number of ether oxygens (including phenoxy) is 1. The van der Waals surface area contributed by atoms with Gasteiger partial charge < -0.3 is 10.1 Å². The Balaban J connectivity index is 2.46. The van der Waals surface area contributed by atoms with E-state index in [9.17, 15) is 0 Å². The summed E-state index contributed by atoms with van der Waals surface area (Å²) < 4.78 is 5.13. The molecule has 1 aromatic heterocycles. The van der Waals surface area contributed by atoms with Crippen LogP contribution in [0, 0.1) is 6.92 Å². The molecule has 0 radical (unpaired) electrons. The molecular weight excluding hydrogens is 188 g/mol. The second-order valence-electron chi connectivity index (χ2n) is 4.50. The van der Waals surface area contributed by atoms with Crippen molar-refractivity contribution in [1.82, 2.24) is 10.3 Å². The molecule has 0 bridgehead atoms. The minimum Gasteiger partial charge on any atom is -0.383 e. The Hall–Kier alpha value is -0.930. The summed E-state index contributed by atoms with van der Waals surface area (Å²) in [6, 6.07) is 4.12. The number of methoxy groups -OCH3 is 1. The van der Waals surface area contributed by atoms with E-state index in [0.717, 1.165) is 12.2 Å². The van der Waals surface area contributed by atoms with Gasteiger partial charge in [-0.1, -0.05) is 6.07 Å². The summed E-state index contributed by atoms with van der Waals surface area (Å²) in [6.45, 7) is 7.74. The van der Waals surface area contributed by atoms with Crippen LogP contribution in [0.3, 0.4) is 0 Å². The van der Waals surface area contributed by atoms with E-state index in [1.165, 1.54) is 5.56 Å². The third-order valence-electron chi connectivity index (χ3n) is 2.23. The van der Waals surface area contributed by atoms with E-state index in [4.69, 9.17) is 4.74 Å². The number of hydrogen-bond acceptors (Lipinski definition) is 3. The summed E-state index contributed by atoms with van der Waals surface area (Å²) in [5.74, 6) is 0. The second kappa shape index (κ2) is 5.24. The van der Waals surface area contributed by atoms with Crippen LogP contribution in [-0.4, -0.2) is 24.2 Å². The molecule has 0 aliphatic rings. The SMILES string of the molecule is COCC(C)(C)NCc1ccc(C)cn1. The Morgan fingerprint density at radius 1 is 1.40 bits per heavy atom. The zero-order valence-electron chi connectivity index (χ0n) is 10.0. The van der Waals surface area contributed by atoms with Gasteiger partial charge in [-0.2, -0.15) is 0 Å². The fourth-order valence-electron chi connectivity index (χ4n) is 1.34. The Kier molecular flexibility index (Phi) is 4.24. The van der Waals surface area contributed by atoms with E-state index < -0.39 is 0 Å². The highest BCUT2D eigenvalue weighted by Crippen LogP contribution is 2.05. The predicted octanol–water partition coefficient (Wildman–Crippen LogP) is 1.90. The summed E-state index contributed by atoms with van der Waals surface area (Å²) in [4.78, 5) is 4.34. The molecular formula is C12H20N2O. The fourth-order valence-corrected chi connectivity index (χ4v) is 1.34. The summed E-state index contributed by atoms with van der Waals surface area (Å²) in [6.07, 6.45) is 1.89. The van der Waals surface area contributed by atoms with Crippen molar-refractivity contribution in [2.24, 2.45) is 0 Å². The van der Waals surface area contributed by atoms with E-state index in [2.05, 4.69) is 30.2 Å². The van der Waals surface area contributed by atoms with Gasteiger partial charge in [0.25, 0.3) is 0 Å². The van der Waals surface area contributed by atoms with Crippen LogP contribution in [0.5, 0.6) is 0 Å². The van der Waals surface area contributed by atoms with Crippen LogP contribution in [-0.2, 0) is 11.3 Å². The lowest BCUT2D eigenvalue weighted by Crippen LogP contribution is -2.42. The Bertz CT molecular complexity index is 293. The summed E-state index contributed by atoms with van der Waals surface area (Å²) in [5, 5.41) is 3.41. The number of aryl methyl sites for hydroxylation is 1. The van der Waals surface area contributed by atoms with Crippen LogP contribution in [0.15, 0.2) is 18.3 Å². The highest BCUT2D eigenvalue weighted by atomic mass is 16.5. The van der Waals surface area contributed by atoms with Crippen molar-refractivity contribution in [3.05, 3.63) is 29.6 Å². The topological polar surface area (TPSA) is 34.1 Å². The van der Waals surface area contributed by atoms with Crippen LogP contribution < -0.4 is 5.32 Å². The highest BCUT2D eigenvalue weighted by molar-refractivity contribution is 5.12. The maximum Gasteiger partial charge on any atom is 0.0639 e. The zero-order valence-corrected chi connectivity index (χ0v) is 10.0. The molecule has 1 rings (SSSR count). The number of nitrogens with one attached hydrogen (secondary N) is 1.